The molecule has 0 radical (unpaired) electrons. The van der Waals surface area contributed by atoms with Gasteiger partial charge in [-0.15, -0.1) is 11.3 Å². The molecule has 3 N–H and O–H groups in total. The smallest absolute Gasteiger partial charge is 0.416 e. The summed E-state index contributed by atoms with van der Waals surface area (Å²) < 4.78 is 86.5. The van der Waals surface area contributed by atoms with Crippen molar-refractivity contribution >= 4 is 60.9 Å². The number of aromatic nitrogens is 2. The van der Waals surface area contributed by atoms with E-state index in [0.717, 1.165) is 84.2 Å². The lowest BCUT2D eigenvalue weighted by atomic mass is 9.73. The quantitative estimate of drug-likeness (QED) is 0.0696. The number of halogens is 3. The Balaban J connectivity index is 0.916. The van der Waals surface area contributed by atoms with Crippen molar-refractivity contribution in [2.75, 3.05) is 69.3 Å². The third kappa shape index (κ3) is 11.1. The van der Waals surface area contributed by atoms with Gasteiger partial charge in [-0.25, -0.2) is 18.1 Å². The number of rotatable bonds is 14. The molecule has 362 valence electrons. The molecule has 0 unspecified atom stereocenters. The zero-order valence-electron chi connectivity index (χ0n) is 37.8. The van der Waals surface area contributed by atoms with Crippen LogP contribution < -0.4 is 19.7 Å². The summed E-state index contributed by atoms with van der Waals surface area (Å²) in [5, 5.41) is 17.8. The van der Waals surface area contributed by atoms with Gasteiger partial charge in [-0.1, -0.05) is 31.6 Å². The predicted molar refractivity (Wildman–Crippen MR) is 257 cm³/mol. The number of nitrogens with one attached hydrogen (secondary N) is 3. The number of nitrogens with zero attached hydrogens (tertiary/aromatic N) is 4. The molecule has 3 aromatic carbocycles. The number of allylic oxidation sites excluding steroid dienone is 1. The Morgan fingerprint density at radius 2 is 1.81 bits per heavy atom. The molecule has 3 aliphatic rings. The van der Waals surface area contributed by atoms with Crippen molar-refractivity contribution in [2.45, 2.75) is 50.3 Å². The lowest BCUT2D eigenvalue weighted by Gasteiger charge is -2.39. The van der Waals surface area contributed by atoms with E-state index >= 15 is 0 Å². The number of benzene rings is 3. The summed E-state index contributed by atoms with van der Waals surface area (Å²) in [4.78, 5) is 38.0. The van der Waals surface area contributed by atoms with Crippen molar-refractivity contribution in [3.8, 4) is 22.6 Å². The number of hydrogen-bond donors (Lipinski definition) is 3. The molecule has 0 bridgehead atoms. The molecule has 1 atom stereocenters. The number of pyridine rings is 1. The van der Waals surface area contributed by atoms with E-state index in [2.05, 4.69) is 49.7 Å². The summed E-state index contributed by atoms with van der Waals surface area (Å²) in [5.41, 5.74) is 4.57. The molecule has 1 amide bonds. The van der Waals surface area contributed by atoms with Gasteiger partial charge in [-0.2, -0.15) is 13.2 Å². The lowest BCUT2D eigenvalue weighted by molar-refractivity contribution is -0.384. The van der Waals surface area contributed by atoms with Gasteiger partial charge in [-0.3, -0.25) is 19.8 Å². The first-order valence-electron chi connectivity index (χ1n) is 22.5. The SMILES string of the molecule is CC1(C)CCC(CN2CCN(c3ccc(C(=O)NS(=O)(=O)c4ccc(NC[C@H]5COCCO5)c([N+](=O)[O-])c4)c(Oc4cnc5[nH]ccc5c4)c3)CC2)=C(c2cc(-c3ccc(C(F)(F)F)cc3)cs2)C1. The minimum Gasteiger partial charge on any atom is -0.455 e. The van der Waals surface area contributed by atoms with Crippen LogP contribution in [-0.4, -0.2) is 99.3 Å². The van der Waals surface area contributed by atoms with Crippen LogP contribution in [0.15, 0.2) is 107 Å². The summed E-state index contributed by atoms with van der Waals surface area (Å²) in [7, 11) is -4.62. The van der Waals surface area contributed by atoms with E-state index < -0.39 is 43.2 Å². The zero-order valence-corrected chi connectivity index (χ0v) is 39.4. The van der Waals surface area contributed by atoms with Gasteiger partial charge in [-0.05, 0) is 101 Å². The molecular formula is C49H50F3N7O8S2. The van der Waals surface area contributed by atoms with Crippen molar-refractivity contribution in [1.29, 1.82) is 0 Å². The fourth-order valence-corrected chi connectivity index (χ4v) is 10.9. The van der Waals surface area contributed by atoms with E-state index in [0.29, 0.717) is 44.3 Å². The zero-order chi connectivity index (χ0) is 48.5. The van der Waals surface area contributed by atoms with Gasteiger partial charge in [0.1, 0.15) is 22.8 Å². The number of alkyl halides is 3. The Morgan fingerprint density at radius 1 is 1.01 bits per heavy atom. The number of amides is 1. The van der Waals surface area contributed by atoms with Crippen LogP contribution in [-0.2, 0) is 25.7 Å². The molecule has 69 heavy (non-hydrogen) atoms. The van der Waals surface area contributed by atoms with E-state index in [1.54, 1.807) is 35.7 Å². The molecule has 2 aliphatic heterocycles. The number of anilines is 2. The maximum Gasteiger partial charge on any atom is 0.416 e. The molecule has 0 saturated carbocycles. The minimum atomic E-state index is -4.62. The van der Waals surface area contributed by atoms with Crippen molar-refractivity contribution in [2.24, 2.45) is 5.41 Å². The maximum absolute atomic E-state index is 14.0. The average Bonchev–Trinajstić information content (AvgIpc) is 4.02. The number of sulfonamides is 1. The van der Waals surface area contributed by atoms with E-state index in [9.17, 15) is 36.5 Å². The molecule has 1 aliphatic carbocycles. The number of H-pyrrole nitrogens is 1. The Labute approximate surface area is 400 Å². The molecule has 6 aromatic rings. The summed E-state index contributed by atoms with van der Waals surface area (Å²) in [6.07, 6.45) is 1.35. The number of fused-ring (bicyclic) bond motifs is 1. The molecular weight excluding hydrogens is 936 g/mol. The van der Waals surface area contributed by atoms with Crippen LogP contribution in [0.1, 0.15) is 53.9 Å². The Bertz CT molecular complexity index is 3010. The first kappa shape index (κ1) is 47.7. The number of nitro groups is 1. The first-order valence-corrected chi connectivity index (χ1v) is 24.8. The van der Waals surface area contributed by atoms with Gasteiger partial charge in [0.05, 0.1) is 53.1 Å². The van der Waals surface area contributed by atoms with Gasteiger partial charge in [0.2, 0.25) is 0 Å². The minimum absolute atomic E-state index is 0.0741. The number of carbonyl (C=O) groups is 1. The predicted octanol–water partition coefficient (Wildman–Crippen LogP) is 9.74. The second kappa shape index (κ2) is 19.6. The fraction of sp³-hybridized carbons (Fsp3) is 0.347. The molecule has 0 spiro atoms. The van der Waals surface area contributed by atoms with E-state index in [1.165, 1.54) is 47.7 Å². The summed E-state index contributed by atoms with van der Waals surface area (Å²) in [5.74, 6) is -0.625. The molecule has 20 heteroatoms. The van der Waals surface area contributed by atoms with Gasteiger partial charge in [0.25, 0.3) is 21.6 Å². The van der Waals surface area contributed by atoms with Gasteiger partial charge in [0.15, 0.2) is 0 Å². The van der Waals surface area contributed by atoms with Crippen molar-refractivity contribution in [1.82, 2.24) is 19.6 Å². The number of carbonyl (C=O) groups excluding carboxylic acids is 1. The van der Waals surface area contributed by atoms with Crippen LogP contribution in [0.3, 0.4) is 0 Å². The molecule has 3 aromatic heterocycles. The van der Waals surface area contributed by atoms with Gasteiger partial charge in [0, 0.05) is 73.5 Å². The largest absolute Gasteiger partial charge is 0.455 e. The number of piperazine rings is 1. The second-order valence-electron chi connectivity index (χ2n) is 18.1. The highest BCUT2D eigenvalue weighted by Crippen LogP contribution is 2.46. The van der Waals surface area contributed by atoms with Crippen LogP contribution in [0.5, 0.6) is 11.5 Å². The highest BCUT2D eigenvalue weighted by atomic mass is 32.2. The topological polar surface area (TPSA) is 181 Å². The highest BCUT2D eigenvalue weighted by Gasteiger charge is 2.33. The van der Waals surface area contributed by atoms with E-state index in [-0.39, 0.29) is 35.1 Å². The Hall–Kier alpha value is -6.32. The number of ether oxygens (including phenoxy) is 3. The second-order valence-corrected chi connectivity index (χ2v) is 20.7. The van der Waals surface area contributed by atoms with E-state index in [1.807, 2.05) is 11.4 Å². The van der Waals surface area contributed by atoms with Crippen LogP contribution in [0.25, 0.3) is 27.7 Å². The van der Waals surface area contributed by atoms with Crippen LogP contribution in [0.2, 0.25) is 0 Å². The third-order valence-corrected chi connectivity index (χ3v) is 15.0. The summed E-state index contributed by atoms with van der Waals surface area (Å²) >= 11 is 1.62. The van der Waals surface area contributed by atoms with Crippen LogP contribution >= 0.6 is 11.3 Å². The van der Waals surface area contributed by atoms with Crippen molar-refractivity contribution in [3.63, 3.8) is 0 Å². The van der Waals surface area contributed by atoms with Gasteiger partial charge >= 0.3 is 6.18 Å². The fourth-order valence-electron chi connectivity index (χ4n) is 8.88. The first-order chi connectivity index (χ1) is 33.0. The summed E-state index contributed by atoms with van der Waals surface area (Å²) in [6.45, 7) is 9.40. The molecule has 2 fully saturated rings. The number of thiophene rings is 1. The Morgan fingerprint density at radius 3 is 2.55 bits per heavy atom. The third-order valence-electron chi connectivity index (χ3n) is 12.7. The molecule has 2 saturated heterocycles. The molecule has 15 nitrogen and oxygen atoms in total. The summed E-state index contributed by atoms with van der Waals surface area (Å²) in [6, 6.07) is 19.2. The number of nitro benzene ring substituents is 1. The van der Waals surface area contributed by atoms with Crippen LogP contribution in [0.4, 0.5) is 30.2 Å². The standard InChI is InChI=1S/C49H50F3N7O8S2/c1-48(2)13-11-33(41(25-48)45-22-34(30-68-45)31-3-5-35(6-4-31)49(50,51)52)28-57-15-17-58(18-16-57)36-7-9-40(44(23-36)67-37-21-32-12-14-53-46(32)55-26-37)47(60)56-69(63,64)39-8-10-42(43(24-39)59(61)62)54-27-38-29-65-19-20-66-38/h3-10,12,14,21-24,26,30,38,54H,11,13,15-20,25,27-29H2,1-2H3,(H,53,55)(H,56,60)/t38-/m0/s1. The normalized spacial score (nSPS) is 18.0. The Kier molecular flexibility index (Phi) is 13.6. The van der Waals surface area contributed by atoms with Crippen molar-refractivity contribution < 1.29 is 45.5 Å². The highest BCUT2D eigenvalue weighted by molar-refractivity contribution is 7.90. The van der Waals surface area contributed by atoms with Crippen molar-refractivity contribution in [3.05, 3.63) is 128 Å². The number of aromatic amines is 1. The average molecular weight is 986 g/mol. The maximum atomic E-state index is 14.0. The lowest BCUT2D eigenvalue weighted by Crippen LogP contribution is -2.47. The van der Waals surface area contributed by atoms with Gasteiger partial charge < -0.3 is 29.4 Å². The molecule has 9 rings (SSSR count). The molecule has 5 heterocycles. The van der Waals surface area contributed by atoms with E-state index in [4.69, 9.17) is 14.2 Å². The van der Waals surface area contributed by atoms with Crippen LogP contribution in [0, 0.1) is 15.5 Å². The number of hydrogen-bond acceptors (Lipinski definition) is 13. The monoisotopic (exact) mass is 985 g/mol.